The van der Waals surface area contributed by atoms with Crippen LogP contribution in [0.2, 0.25) is 0 Å². The zero-order chi connectivity index (χ0) is 8.85. The number of rotatable bonds is 5. The number of nitrogens with one attached hydrogen (secondary N) is 2. The van der Waals surface area contributed by atoms with Gasteiger partial charge in [0.1, 0.15) is 0 Å². The van der Waals surface area contributed by atoms with Crippen molar-refractivity contribution in [2.75, 3.05) is 20.8 Å². The zero-order valence-electron chi connectivity index (χ0n) is 6.92. The number of hydrogen-bond acceptors (Lipinski definition) is 4. The Bertz CT molecular complexity index is 102. The Labute approximate surface area is 65.4 Å². The van der Waals surface area contributed by atoms with Crippen molar-refractivity contribution < 1.29 is 20.1 Å². The van der Waals surface area contributed by atoms with Crippen molar-refractivity contribution in [2.45, 2.75) is 13.0 Å². The van der Waals surface area contributed by atoms with E-state index in [-0.39, 0.29) is 6.54 Å². The summed E-state index contributed by atoms with van der Waals surface area (Å²) in [4.78, 5) is 8.78. The SMILES string of the molecule is CO[NH+]([O-])CC(C)[NH+]([O-])OC. The average Bonchev–Trinajstić information content (AvgIpc) is 2.02. The monoisotopic (exact) mass is 166 g/mol. The highest BCUT2D eigenvalue weighted by atomic mass is 16.9. The van der Waals surface area contributed by atoms with Crippen LogP contribution >= 0.6 is 0 Å². The molecule has 0 saturated carbocycles. The number of hydrogen-bond donors (Lipinski definition) is 2. The van der Waals surface area contributed by atoms with E-state index < -0.39 is 16.5 Å². The maximum Gasteiger partial charge on any atom is 0.167 e. The van der Waals surface area contributed by atoms with Crippen LogP contribution in [0.3, 0.4) is 0 Å². The molecule has 3 atom stereocenters. The molecule has 0 aromatic rings. The minimum absolute atomic E-state index is 0.0726. The number of quaternary nitrogens is 2. The molecule has 0 rings (SSSR count). The summed E-state index contributed by atoms with van der Waals surface area (Å²) in [6.45, 7) is 1.69. The topological polar surface area (TPSA) is 73.5 Å². The summed E-state index contributed by atoms with van der Waals surface area (Å²) in [7, 11) is 2.57. The molecule has 2 N–H and O–H groups in total. The van der Waals surface area contributed by atoms with Gasteiger partial charge in [0.2, 0.25) is 0 Å². The van der Waals surface area contributed by atoms with Gasteiger partial charge in [0.15, 0.2) is 12.6 Å². The molecule has 0 amide bonds. The first kappa shape index (κ1) is 10.8. The van der Waals surface area contributed by atoms with Crippen molar-refractivity contribution in [3.05, 3.63) is 10.4 Å². The summed E-state index contributed by atoms with van der Waals surface area (Å²) in [6, 6.07) is -0.424. The van der Waals surface area contributed by atoms with E-state index in [0.29, 0.717) is 0 Å². The van der Waals surface area contributed by atoms with Gasteiger partial charge in [-0.2, -0.15) is 0 Å². The lowest BCUT2D eigenvalue weighted by molar-refractivity contribution is -1.11. The van der Waals surface area contributed by atoms with Gasteiger partial charge in [-0.25, -0.2) is 20.1 Å². The van der Waals surface area contributed by atoms with E-state index in [2.05, 4.69) is 9.68 Å². The minimum Gasteiger partial charge on any atom is -0.600 e. The molecule has 0 fully saturated rings. The van der Waals surface area contributed by atoms with E-state index in [9.17, 15) is 10.4 Å². The predicted molar refractivity (Wildman–Crippen MR) is 37.0 cm³/mol. The van der Waals surface area contributed by atoms with Crippen LogP contribution in [0.1, 0.15) is 6.92 Å². The third-order valence-electron chi connectivity index (χ3n) is 1.30. The summed E-state index contributed by atoms with van der Waals surface area (Å²) in [6.07, 6.45) is 0. The normalized spacial score (nSPS) is 19.4. The van der Waals surface area contributed by atoms with Crippen molar-refractivity contribution in [2.24, 2.45) is 0 Å². The molecule has 0 aliphatic heterocycles. The Kier molecular flexibility index (Phi) is 5.30. The largest absolute Gasteiger partial charge is 0.600 e. The minimum atomic E-state index is -0.424. The maximum absolute atomic E-state index is 10.7. The number of hydroxylamine groups is 4. The summed E-state index contributed by atoms with van der Waals surface area (Å²) < 4.78 is 0. The van der Waals surface area contributed by atoms with Crippen LogP contribution in [-0.2, 0) is 9.68 Å². The molecule has 6 nitrogen and oxygen atoms in total. The fraction of sp³-hybridized carbons (Fsp3) is 1.00. The Balaban J connectivity index is 3.58. The second kappa shape index (κ2) is 5.42. The van der Waals surface area contributed by atoms with Crippen LogP contribution in [0.25, 0.3) is 0 Å². The van der Waals surface area contributed by atoms with E-state index in [4.69, 9.17) is 0 Å². The van der Waals surface area contributed by atoms with Crippen LogP contribution < -0.4 is 10.5 Å². The molecule has 0 aliphatic carbocycles. The van der Waals surface area contributed by atoms with Gasteiger partial charge >= 0.3 is 0 Å². The summed E-state index contributed by atoms with van der Waals surface area (Å²) in [5.41, 5.74) is 0. The average molecular weight is 166 g/mol. The van der Waals surface area contributed by atoms with Gasteiger partial charge in [0, 0.05) is 0 Å². The molecular weight excluding hydrogens is 152 g/mol. The van der Waals surface area contributed by atoms with Crippen molar-refractivity contribution in [1.82, 2.24) is 0 Å². The molecule has 0 aliphatic rings. The van der Waals surface area contributed by atoms with E-state index in [0.717, 1.165) is 0 Å². The van der Waals surface area contributed by atoms with E-state index >= 15 is 0 Å². The van der Waals surface area contributed by atoms with Crippen molar-refractivity contribution >= 4 is 0 Å². The lowest BCUT2D eigenvalue weighted by atomic mass is 10.4. The molecule has 0 spiro atoms. The molecular formula is C5H14N2O4. The van der Waals surface area contributed by atoms with E-state index in [1.807, 2.05) is 0 Å². The molecule has 6 heteroatoms. The third kappa shape index (κ3) is 4.25. The van der Waals surface area contributed by atoms with Gasteiger partial charge in [-0.15, -0.1) is 0 Å². The van der Waals surface area contributed by atoms with Crippen LogP contribution in [0.15, 0.2) is 0 Å². The fourth-order valence-electron chi connectivity index (χ4n) is 0.618. The van der Waals surface area contributed by atoms with Crippen LogP contribution in [-0.4, -0.2) is 26.8 Å². The first-order valence-corrected chi connectivity index (χ1v) is 3.26. The van der Waals surface area contributed by atoms with Crippen LogP contribution in [0.4, 0.5) is 0 Å². The van der Waals surface area contributed by atoms with Gasteiger partial charge in [0.25, 0.3) is 0 Å². The standard InChI is InChI=1S/C5H14N2O4/c1-5(7(9)11-3)4-6(8)10-2/h5-7H,4H2,1-3H3. The second-order valence-corrected chi connectivity index (χ2v) is 2.20. The second-order valence-electron chi connectivity index (χ2n) is 2.20. The van der Waals surface area contributed by atoms with Gasteiger partial charge in [-0.1, -0.05) is 0 Å². The van der Waals surface area contributed by atoms with Gasteiger partial charge < -0.3 is 10.4 Å². The molecule has 0 radical (unpaired) electrons. The Morgan fingerprint density at radius 2 is 1.82 bits per heavy atom. The predicted octanol–water partition coefficient (Wildman–Crippen LogP) is -2.74. The summed E-state index contributed by atoms with van der Waals surface area (Å²) >= 11 is 0. The molecule has 0 bridgehead atoms. The van der Waals surface area contributed by atoms with Crippen LogP contribution in [0, 0.1) is 10.4 Å². The third-order valence-corrected chi connectivity index (χ3v) is 1.30. The molecule has 11 heavy (non-hydrogen) atoms. The first-order chi connectivity index (χ1) is 5.11. The molecule has 0 aromatic carbocycles. The maximum atomic E-state index is 10.7. The quantitative estimate of drug-likeness (QED) is 0.435. The van der Waals surface area contributed by atoms with Gasteiger partial charge in [0.05, 0.1) is 14.2 Å². The molecule has 68 valence electrons. The lowest BCUT2D eigenvalue weighted by Crippen LogP contribution is -3.17. The highest BCUT2D eigenvalue weighted by molar-refractivity contribution is 4.38. The Morgan fingerprint density at radius 1 is 1.27 bits per heavy atom. The molecule has 0 heterocycles. The summed E-state index contributed by atoms with van der Waals surface area (Å²) in [5.74, 6) is 0. The highest BCUT2D eigenvalue weighted by Crippen LogP contribution is 1.66. The Hall–Kier alpha value is -0.240. The zero-order valence-corrected chi connectivity index (χ0v) is 6.92. The Morgan fingerprint density at radius 3 is 2.18 bits per heavy atom. The van der Waals surface area contributed by atoms with Crippen molar-refractivity contribution in [1.29, 1.82) is 0 Å². The van der Waals surface area contributed by atoms with Gasteiger partial charge in [-0.05, 0) is 6.92 Å². The van der Waals surface area contributed by atoms with Crippen molar-refractivity contribution in [3.8, 4) is 0 Å². The molecule has 3 unspecified atom stereocenters. The van der Waals surface area contributed by atoms with Crippen molar-refractivity contribution in [3.63, 3.8) is 0 Å². The fourth-order valence-corrected chi connectivity index (χ4v) is 0.618. The smallest absolute Gasteiger partial charge is 0.167 e. The first-order valence-electron chi connectivity index (χ1n) is 3.26. The van der Waals surface area contributed by atoms with Crippen LogP contribution in [0.5, 0.6) is 0 Å². The summed E-state index contributed by atoms with van der Waals surface area (Å²) in [5, 5.41) is 20.6. The van der Waals surface area contributed by atoms with E-state index in [1.54, 1.807) is 6.92 Å². The van der Waals surface area contributed by atoms with E-state index in [1.165, 1.54) is 14.2 Å². The van der Waals surface area contributed by atoms with Gasteiger partial charge in [-0.3, -0.25) is 0 Å². The lowest BCUT2D eigenvalue weighted by Gasteiger charge is -2.27. The highest BCUT2D eigenvalue weighted by Gasteiger charge is 2.13. The molecule has 0 saturated heterocycles. The molecule has 0 aromatic heterocycles.